The number of halogens is 1. The minimum atomic E-state index is -3.20. The highest BCUT2D eigenvalue weighted by atomic mass is 35.5. The van der Waals surface area contributed by atoms with E-state index in [1.54, 1.807) is 32.0 Å². The van der Waals surface area contributed by atoms with Crippen LogP contribution in [0.1, 0.15) is 19.7 Å². The minimum absolute atomic E-state index is 0.0149. The standard InChI is InChI=1S/C12H15ClNO4P/c1-3-16-19(15,17-4-2)8-12-14-10-7-9(13)5-6-11(10)18-12/h5-7H,3-4,8H2,1-2H3. The third-order valence-corrected chi connectivity index (χ3v) is 4.57. The first-order chi connectivity index (χ1) is 9.06. The fraction of sp³-hybridized carbons (Fsp3) is 0.417. The average Bonchev–Trinajstić information content (AvgIpc) is 2.70. The molecule has 2 aromatic rings. The van der Waals surface area contributed by atoms with E-state index in [9.17, 15) is 4.57 Å². The van der Waals surface area contributed by atoms with Crippen molar-refractivity contribution in [1.82, 2.24) is 4.98 Å². The van der Waals surface area contributed by atoms with Gasteiger partial charge in [0.05, 0.1) is 13.2 Å². The Bertz CT molecular complexity index is 603. The predicted molar refractivity (Wildman–Crippen MR) is 73.6 cm³/mol. The third-order valence-electron chi connectivity index (χ3n) is 2.37. The molecule has 1 aromatic heterocycles. The van der Waals surface area contributed by atoms with Gasteiger partial charge in [-0.1, -0.05) is 11.6 Å². The summed E-state index contributed by atoms with van der Waals surface area (Å²) in [4.78, 5) is 4.24. The van der Waals surface area contributed by atoms with Crippen LogP contribution >= 0.6 is 19.2 Å². The molecule has 0 aliphatic rings. The second kappa shape index (κ2) is 6.06. The van der Waals surface area contributed by atoms with Crippen LogP contribution in [0, 0.1) is 0 Å². The van der Waals surface area contributed by atoms with Gasteiger partial charge in [-0.2, -0.15) is 0 Å². The summed E-state index contributed by atoms with van der Waals surface area (Å²) in [6, 6.07) is 5.13. The Hall–Kier alpha value is -0.870. The number of fused-ring (bicyclic) bond motifs is 1. The van der Waals surface area contributed by atoms with Crippen molar-refractivity contribution in [2.24, 2.45) is 0 Å². The molecular weight excluding hydrogens is 289 g/mol. The summed E-state index contributed by atoms with van der Waals surface area (Å²) in [6.45, 7) is 4.14. The Morgan fingerprint density at radius 3 is 2.63 bits per heavy atom. The van der Waals surface area contributed by atoms with E-state index in [0.29, 0.717) is 35.2 Å². The number of hydrogen-bond acceptors (Lipinski definition) is 5. The lowest BCUT2D eigenvalue weighted by Gasteiger charge is -2.14. The number of nitrogens with zero attached hydrogens (tertiary/aromatic N) is 1. The molecule has 19 heavy (non-hydrogen) atoms. The normalized spacial score (nSPS) is 12.2. The fourth-order valence-electron chi connectivity index (χ4n) is 1.70. The molecule has 0 fully saturated rings. The summed E-state index contributed by atoms with van der Waals surface area (Å²) in [5, 5.41) is 0.574. The second-order valence-corrected chi connectivity index (χ2v) is 6.32. The maximum atomic E-state index is 12.4. The van der Waals surface area contributed by atoms with Gasteiger partial charge in [-0.3, -0.25) is 4.57 Å². The molecule has 0 saturated carbocycles. The Balaban J connectivity index is 2.26. The molecule has 0 saturated heterocycles. The van der Waals surface area contributed by atoms with Crippen LogP contribution in [0.3, 0.4) is 0 Å². The lowest BCUT2D eigenvalue weighted by Crippen LogP contribution is -1.99. The van der Waals surface area contributed by atoms with E-state index in [1.165, 1.54) is 0 Å². The molecule has 0 amide bonds. The summed E-state index contributed by atoms with van der Waals surface area (Å²) < 4.78 is 28.3. The highest BCUT2D eigenvalue weighted by Crippen LogP contribution is 2.51. The Morgan fingerprint density at radius 1 is 1.32 bits per heavy atom. The van der Waals surface area contributed by atoms with E-state index < -0.39 is 7.60 Å². The van der Waals surface area contributed by atoms with Crippen LogP contribution in [0.5, 0.6) is 0 Å². The van der Waals surface area contributed by atoms with Crippen LogP contribution in [0.2, 0.25) is 5.02 Å². The molecule has 0 aliphatic carbocycles. The monoisotopic (exact) mass is 303 g/mol. The summed E-state index contributed by atoms with van der Waals surface area (Å²) >= 11 is 5.87. The first-order valence-electron chi connectivity index (χ1n) is 5.99. The zero-order chi connectivity index (χ0) is 13.9. The quantitative estimate of drug-likeness (QED) is 0.747. The van der Waals surface area contributed by atoms with E-state index >= 15 is 0 Å². The van der Waals surface area contributed by atoms with Crippen molar-refractivity contribution in [3.8, 4) is 0 Å². The van der Waals surface area contributed by atoms with Crippen molar-refractivity contribution in [1.29, 1.82) is 0 Å². The highest BCUT2D eigenvalue weighted by molar-refractivity contribution is 7.52. The van der Waals surface area contributed by atoms with Crippen molar-refractivity contribution in [3.63, 3.8) is 0 Å². The number of rotatable bonds is 6. The van der Waals surface area contributed by atoms with E-state index in [0.717, 1.165) is 0 Å². The van der Waals surface area contributed by atoms with Gasteiger partial charge >= 0.3 is 7.60 Å². The topological polar surface area (TPSA) is 61.6 Å². The predicted octanol–water partition coefficient (Wildman–Crippen LogP) is 4.25. The van der Waals surface area contributed by atoms with Gasteiger partial charge in [0.25, 0.3) is 0 Å². The van der Waals surface area contributed by atoms with Gasteiger partial charge in [0, 0.05) is 5.02 Å². The molecule has 7 heteroatoms. The zero-order valence-electron chi connectivity index (χ0n) is 10.8. The lowest BCUT2D eigenvalue weighted by atomic mass is 10.3. The fourth-order valence-corrected chi connectivity index (χ4v) is 3.38. The van der Waals surface area contributed by atoms with Crippen molar-refractivity contribution in [3.05, 3.63) is 29.1 Å². The smallest absolute Gasteiger partial charge is 0.339 e. The van der Waals surface area contributed by atoms with Crippen molar-refractivity contribution in [2.75, 3.05) is 13.2 Å². The molecule has 0 N–H and O–H groups in total. The summed E-state index contributed by atoms with van der Waals surface area (Å²) in [5.74, 6) is 0.322. The van der Waals surface area contributed by atoms with Gasteiger partial charge in [-0.05, 0) is 32.0 Å². The average molecular weight is 304 g/mol. The first kappa shape index (κ1) is 14.5. The molecule has 5 nitrogen and oxygen atoms in total. The van der Waals surface area contributed by atoms with Crippen LogP contribution in [-0.2, 0) is 19.8 Å². The number of oxazole rings is 1. The SMILES string of the molecule is CCOP(=O)(Cc1nc2cc(Cl)ccc2o1)OCC. The number of benzene rings is 1. The van der Waals surface area contributed by atoms with Crippen LogP contribution < -0.4 is 0 Å². The Morgan fingerprint density at radius 2 is 2.00 bits per heavy atom. The zero-order valence-corrected chi connectivity index (χ0v) is 12.4. The molecule has 104 valence electrons. The van der Waals surface area contributed by atoms with E-state index in [1.807, 2.05) is 0 Å². The summed E-state index contributed by atoms with van der Waals surface area (Å²) in [7, 11) is -3.20. The molecule has 2 rings (SSSR count). The molecule has 0 aliphatic heterocycles. The van der Waals surface area contributed by atoms with Gasteiger partial charge in [-0.15, -0.1) is 0 Å². The second-order valence-electron chi connectivity index (χ2n) is 3.82. The van der Waals surface area contributed by atoms with Crippen LogP contribution in [0.15, 0.2) is 22.6 Å². The molecule has 0 radical (unpaired) electrons. The van der Waals surface area contributed by atoms with E-state index in [-0.39, 0.29) is 6.16 Å². The largest absolute Gasteiger partial charge is 0.440 e. The van der Waals surface area contributed by atoms with Gasteiger partial charge in [0.2, 0.25) is 5.89 Å². The molecule has 1 aromatic carbocycles. The third kappa shape index (κ3) is 3.57. The van der Waals surface area contributed by atoms with Gasteiger partial charge in [-0.25, -0.2) is 4.98 Å². The van der Waals surface area contributed by atoms with Crippen LogP contribution in [0.25, 0.3) is 11.1 Å². The van der Waals surface area contributed by atoms with Crippen LogP contribution in [0.4, 0.5) is 0 Å². The van der Waals surface area contributed by atoms with Gasteiger partial charge < -0.3 is 13.5 Å². The number of aromatic nitrogens is 1. The van der Waals surface area contributed by atoms with Crippen molar-refractivity contribution >= 4 is 30.3 Å². The maximum absolute atomic E-state index is 12.4. The molecule has 0 spiro atoms. The minimum Gasteiger partial charge on any atom is -0.440 e. The van der Waals surface area contributed by atoms with E-state index in [2.05, 4.69) is 4.98 Å². The molecule has 0 atom stereocenters. The number of hydrogen-bond donors (Lipinski definition) is 0. The maximum Gasteiger partial charge on any atom is 0.339 e. The van der Waals surface area contributed by atoms with Crippen LogP contribution in [-0.4, -0.2) is 18.2 Å². The summed E-state index contributed by atoms with van der Waals surface area (Å²) in [6.07, 6.45) is 0.0149. The lowest BCUT2D eigenvalue weighted by molar-refractivity contribution is 0.217. The van der Waals surface area contributed by atoms with Gasteiger partial charge in [0.15, 0.2) is 5.58 Å². The van der Waals surface area contributed by atoms with Gasteiger partial charge in [0.1, 0.15) is 11.7 Å². The Labute approximate surface area is 116 Å². The van der Waals surface area contributed by atoms with Crippen molar-refractivity contribution in [2.45, 2.75) is 20.0 Å². The molecular formula is C12H15ClNO4P. The Kier molecular flexibility index (Phi) is 4.63. The summed E-state index contributed by atoms with van der Waals surface area (Å²) in [5.41, 5.74) is 1.22. The molecule has 0 unspecified atom stereocenters. The van der Waals surface area contributed by atoms with Crippen molar-refractivity contribution < 1.29 is 18.0 Å². The van der Waals surface area contributed by atoms with E-state index in [4.69, 9.17) is 25.1 Å². The first-order valence-corrected chi connectivity index (χ1v) is 8.10. The molecule has 0 bridgehead atoms. The molecule has 1 heterocycles. The highest BCUT2D eigenvalue weighted by Gasteiger charge is 2.27.